The summed E-state index contributed by atoms with van der Waals surface area (Å²) in [5, 5.41) is 16.4. The molecule has 56 heavy (non-hydrogen) atoms. The lowest BCUT2D eigenvalue weighted by Crippen LogP contribution is -2.67. The smallest absolute Gasteiger partial charge is 0.331 e. The van der Waals surface area contributed by atoms with Crippen LogP contribution in [0.1, 0.15) is 153 Å². The molecule has 12 atom stereocenters. The minimum atomic E-state index is -1.06. The molecule has 3 N–H and O–H groups in total. The lowest BCUT2D eigenvalue weighted by atomic mass is 9.33. The van der Waals surface area contributed by atoms with Crippen molar-refractivity contribution in [2.75, 3.05) is 0 Å². The summed E-state index contributed by atoms with van der Waals surface area (Å²) in [4.78, 5) is 66.6. The van der Waals surface area contributed by atoms with Crippen molar-refractivity contribution in [2.24, 2.45) is 50.2 Å². The minimum absolute atomic E-state index is 0.0343. The fraction of sp³-hybridized carbons (Fsp3) is 0.804. The molecular formula is C46H70N2O8. The molecule has 6 rings (SSSR count). The van der Waals surface area contributed by atoms with Gasteiger partial charge in [0.15, 0.2) is 5.78 Å². The van der Waals surface area contributed by atoms with Gasteiger partial charge in [0, 0.05) is 42.6 Å². The molecule has 0 radical (unpaired) electrons. The number of carboxylic acids is 1. The molecule has 10 heteroatoms. The number of rotatable bonds is 9. The zero-order valence-electron chi connectivity index (χ0n) is 36.1. The van der Waals surface area contributed by atoms with Gasteiger partial charge in [0.2, 0.25) is 11.8 Å². The molecule has 312 valence electrons. The van der Waals surface area contributed by atoms with Gasteiger partial charge in [0.1, 0.15) is 6.10 Å². The summed E-state index contributed by atoms with van der Waals surface area (Å²) in [6, 6.07) is -1.30. The van der Waals surface area contributed by atoms with Crippen LogP contribution in [0.3, 0.4) is 0 Å². The Balaban J connectivity index is 1.30. The number of carbonyl (C=O) groups is 5. The van der Waals surface area contributed by atoms with Gasteiger partial charge in [-0.25, -0.2) is 4.79 Å². The molecule has 10 nitrogen and oxygen atoms in total. The number of amides is 2. The average molecular weight is 779 g/mol. The third kappa shape index (κ3) is 6.79. The van der Waals surface area contributed by atoms with Crippen LogP contribution in [0.15, 0.2) is 23.3 Å². The third-order valence-electron chi connectivity index (χ3n) is 17.2. The van der Waals surface area contributed by atoms with Crippen molar-refractivity contribution in [2.45, 2.75) is 184 Å². The highest BCUT2D eigenvalue weighted by atomic mass is 16.5. The van der Waals surface area contributed by atoms with E-state index in [0.717, 1.165) is 57.8 Å². The van der Waals surface area contributed by atoms with Gasteiger partial charge in [-0.1, -0.05) is 67.9 Å². The van der Waals surface area contributed by atoms with Crippen LogP contribution < -0.4 is 10.6 Å². The first-order valence-corrected chi connectivity index (χ1v) is 21.6. The van der Waals surface area contributed by atoms with E-state index in [-0.39, 0.29) is 92.6 Å². The average Bonchev–Trinajstić information content (AvgIpc) is 3.10. The predicted octanol–water partition coefficient (Wildman–Crippen LogP) is 7.88. The van der Waals surface area contributed by atoms with Crippen molar-refractivity contribution in [1.29, 1.82) is 0 Å². The van der Waals surface area contributed by atoms with E-state index in [1.54, 1.807) is 6.08 Å². The maximum Gasteiger partial charge on any atom is 0.331 e. The first-order valence-electron chi connectivity index (χ1n) is 21.6. The second-order valence-electron chi connectivity index (χ2n) is 20.8. The van der Waals surface area contributed by atoms with Gasteiger partial charge in [-0.05, 0) is 116 Å². The molecule has 0 aromatic carbocycles. The molecule has 0 saturated heterocycles. The standard InChI is InChI=1S/C46H70N2O8/c1-12-29(13-2)56-34-23-28(39(52)53)22-32(37(34)47-26(3)49)48-40(54)43(8)19-18-42(7)20-21-45(10)30(31(42)25-43)24-33(51)38-44(9)16-15-36(55-27(4)50)41(5,6)35(44)14-17-46(38,45)11/h23-24,29,31-32,34-38H,12-22,25H2,1-11H3,(H,47,49)(H,48,54)(H,52,53)/t31-,32-,34+,35?,36-,37+,38?,42+,43-,44-,45+,46+/m0/s1. The van der Waals surface area contributed by atoms with Crippen molar-refractivity contribution in [1.82, 2.24) is 10.6 Å². The SMILES string of the molecule is CCC(CC)O[C@@H]1C=C(C(=O)O)C[C@H](NC(=O)[C@@]2(C)CC[C@]3(C)CC[C@]4(C)C(=CC(=O)C5[C@@]6(C)CC[C@H](OC(C)=O)C(C)(C)C6CC[C@]54C)[C@@H]3C2)[C@H]1NC(C)=O. The van der Waals surface area contributed by atoms with E-state index >= 15 is 0 Å². The lowest BCUT2D eigenvalue weighted by Gasteiger charge is -2.70. The van der Waals surface area contributed by atoms with Gasteiger partial charge >= 0.3 is 11.9 Å². The van der Waals surface area contributed by atoms with E-state index in [1.807, 2.05) is 26.8 Å². The highest BCUT2D eigenvalue weighted by Gasteiger charge is 2.70. The van der Waals surface area contributed by atoms with Crippen LogP contribution in [-0.4, -0.2) is 65.0 Å². The Morgan fingerprint density at radius 2 is 1.55 bits per heavy atom. The summed E-state index contributed by atoms with van der Waals surface area (Å²) in [7, 11) is 0. The number of nitrogens with one attached hydrogen (secondary N) is 2. The van der Waals surface area contributed by atoms with Crippen molar-refractivity contribution in [3.63, 3.8) is 0 Å². The van der Waals surface area contributed by atoms with Crippen LogP contribution in [-0.2, 0) is 33.4 Å². The van der Waals surface area contributed by atoms with Crippen LogP contribution in [0.25, 0.3) is 0 Å². The molecule has 4 fully saturated rings. The first kappa shape index (κ1) is 42.6. The Labute approximate surface area is 335 Å². The Kier molecular flexibility index (Phi) is 11.2. The normalized spacial score (nSPS) is 42.8. The van der Waals surface area contributed by atoms with Crippen molar-refractivity contribution < 1.29 is 38.6 Å². The van der Waals surface area contributed by atoms with E-state index < -0.39 is 29.6 Å². The van der Waals surface area contributed by atoms with Crippen LogP contribution >= 0.6 is 0 Å². The van der Waals surface area contributed by atoms with Crippen molar-refractivity contribution in [3.8, 4) is 0 Å². The van der Waals surface area contributed by atoms with Gasteiger partial charge in [0.05, 0.1) is 24.3 Å². The summed E-state index contributed by atoms with van der Waals surface area (Å²) >= 11 is 0. The quantitative estimate of drug-likeness (QED) is 0.200. The second kappa shape index (κ2) is 14.7. The highest BCUT2D eigenvalue weighted by molar-refractivity contribution is 5.96. The van der Waals surface area contributed by atoms with Gasteiger partial charge < -0.3 is 25.2 Å². The number of esters is 1. The Hall–Kier alpha value is -3.01. The van der Waals surface area contributed by atoms with Crippen LogP contribution in [0.4, 0.5) is 0 Å². The number of hydrogen-bond donors (Lipinski definition) is 3. The molecule has 0 aromatic rings. The summed E-state index contributed by atoms with van der Waals surface area (Å²) in [6.45, 7) is 22.9. The number of ether oxygens (including phenoxy) is 2. The van der Waals surface area contributed by atoms with Gasteiger partial charge in [-0.2, -0.15) is 0 Å². The number of hydrogen-bond acceptors (Lipinski definition) is 7. The molecule has 0 heterocycles. The third-order valence-corrected chi connectivity index (χ3v) is 17.2. The van der Waals surface area contributed by atoms with Crippen LogP contribution in [0.2, 0.25) is 0 Å². The zero-order valence-corrected chi connectivity index (χ0v) is 36.1. The first-order chi connectivity index (χ1) is 26.0. The summed E-state index contributed by atoms with van der Waals surface area (Å²) < 4.78 is 12.3. The maximum absolute atomic E-state index is 14.9. The molecule has 0 aliphatic heterocycles. The molecule has 0 aromatic heterocycles. The molecule has 0 bridgehead atoms. The monoisotopic (exact) mass is 779 g/mol. The molecule has 2 amide bonds. The number of aliphatic carboxylic acids is 1. The van der Waals surface area contributed by atoms with Crippen molar-refractivity contribution in [3.05, 3.63) is 23.3 Å². The predicted molar refractivity (Wildman–Crippen MR) is 214 cm³/mol. The molecule has 2 unspecified atom stereocenters. The molecule has 6 aliphatic carbocycles. The van der Waals surface area contributed by atoms with Crippen LogP contribution in [0, 0.1) is 50.2 Å². The van der Waals surface area contributed by atoms with E-state index in [1.165, 1.54) is 19.4 Å². The van der Waals surface area contributed by atoms with E-state index in [2.05, 4.69) is 52.2 Å². The van der Waals surface area contributed by atoms with E-state index in [4.69, 9.17) is 9.47 Å². The van der Waals surface area contributed by atoms with Crippen molar-refractivity contribution >= 4 is 29.5 Å². The number of fused-ring (bicyclic) bond motifs is 7. The topological polar surface area (TPSA) is 148 Å². The fourth-order valence-corrected chi connectivity index (χ4v) is 13.6. The number of carboxylic acid groups (broad SMARTS) is 1. The minimum Gasteiger partial charge on any atom is -0.478 e. The van der Waals surface area contributed by atoms with Gasteiger partial charge in [-0.15, -0.1) is 0 Å². The molecule has 6 aliphatic rings. The molecular weight excluding hydrogens is 709 g/mol. The zero-order chi connectivity index (χ0) is 41.4. The summed E-state index contributed by atoms with van der Waals surface area (Å²) in [5.41, 5.74) is -0.437. The van der Waals surface area contributed by atoms with E-state index in [9.17, 15) is 29.1 Å². The summed E-state index contributed by atoms with van der Waals surface area (Å²) in [5.74, 6) is -1.39. The number of allylic oxidation sites excluding steroid dienone is 2. The van der Waals surface area contributed by atoms with Gasteiger partial charge in [0.25, 0.3) is 0 Å². The van der Waals surface area contributed by atoms with Gasteiger partial charge in [-0.3, -0.25) is 19.2 Å². The van der Waals surface area contributed by atoms with Crippen LogP contribution in [0.5, 0.6) is 0 Å². The van der Waals surface area contributed by atoms with E-state index in [0.29, 0.717) is 12.8 Å². The Morgan fingerprint density at radius 3 is 2.16 bits per heavy atom. The largest absolute Gasteiger partial charge is 0.478 e. The summed E-state index contributed by atoms with van der Waals surface area (Å²) in [6.07, 6.45) is 11.8. The second-order valence-corrected chi connectivity index (χ2v) is 20.8. The Morgan fingerprint density at radius 1 is 0.893 bits per heavy atom. The number of carbonyl (C=O) groups excluding carboxylic acids is 4. The lowest BCUT2D eigenvalue weighted by molar-refractivity contribution is -0.210. The fourth-order valence-electron chi connectivity index (χ4n) is 13.6. The Bertz CT molecular complexity index is 1700. The molecule has 0 spiro atoms. The maximum atomic E-state index is 14.9. The molecule has 4 saturated carbocycles. The highest BCUT2D eigenvalue weighted by Crippen LogP contribution is 2.75. The number of ketones is 1.